The molecule has 21 heavy (non-hydrogen) atoms. The van der Waals surface area contributed by atoms with Crippen LogP contribution < -0.4 is 10.5 Å². The number of para-hydroxylation sites is 1. The summed E-state index contributed by atoms with van der Waals surface area (Å²) in [5.74, 6) is -2.16. The van der Waals surface area contributed by atoms with Crippen molar-refractivity contribution in [2.75, 3.05) is 0 Å². The van der Waals surface area contributed by atoms with Gasteiger partial charge in [0.05, 0.1) is 5.52 Å². The van der Waals surface area contributed by atoms with Crippen LogP contribution in [0.1, 0.15) is 0 Å². The van der Waals surface area contributed by atoms with Crippen LogP contribution in [-0.4, -0.2) is 28.1 Å². The molecule has 3 aromatic rings. The molecule has 0 spiro atoms. The van der Waals surface area contributed by atoms with E-state index in [9.17, 15) is 9.59 Å². The van der Waals surface area contributed by atoms with Crippen molar-refractivity contribution >= 4 is 33.7 Å². The van der Waals surface area contributed by atoms with Crippen molar-refractivity contribution in [3.63, 3.8) is 0 Å². The highest BCUT2D eigenvalue weighted by atomic mass is 16.5. The smallest absolute Gasteiger partial charge is 0.354 e. The van der Waals surface area contributed by atoms with E-state index in [1.54, 1.807) is 12.1 Å². The average molecular weight is 284 g/mol. The van der Waals surface area contributed by atoms with Gasteiger partial charge in [-0.3, -0.25) is 4.79 Å². The summed E-state index contributed by atoms with van der Waals surface area (Å²) in [6.45, 7) is 0. The number of carbonyl (C=O) groups excluding carboxylic acids is 1. The lowest BCUT2D eigenvalue weighted by Gasteiger charge is -2.12. The van der Waals surface area contributed by atoms with Crippen LogP contribution in [0.15, 0.2) is 42.5 Å². The van der Waals surface area contributed by atoms with E-state index < -0.39 is 18.0 Å². The van der Waals surface area contributed by atoms with Gasteiger partial charge in [0, 0.05) is 16.3 Å². The number of hydrogen-bond acceptors (Lipinski definition) is 3. The van der Waals surface area contributed by atoms with Crippen molar-refractivity contribution < 1.29 is 19.4 Å². The van der Waals surface area contributed by atoms with E-state index in [0.717, 1.165) is 21.8 Å². The maximum absolute atomic E-state index is 11.2. The van der Waals surface area contributed by atoms with Gasteiger partial charge in [-0.15, -0.1) is 0 Å². The number of nitrogens with two attached hydrogens (primary N) is 1. The number of hydrogen-bond donors (Lipinski definition) is 3. The molecule has 4 N–H and O–H groups in total. The van der Waals surface area contributed by atoms with Crippen LogP contribution in [0.3, 0.4) is 0 Å². The molecule has 1 aromatic heterocycles. The van der Waals surface area contributed by atoms with Crippen molar-refractivity contribution in [3.8, 4) is 5.75 Å². The number of rotatable bonds is 4. The van der Waals surface area contributed by atoms with Crippen molar-refractivity contribution in [1.29, 1.82) is 0 Å². The van der Waals surface area contributed by atoms with Gasteiger partial charge in [-0.05, 0) is 18.2 Å². The SMILES string of the molecule is NC(=O)C(Oc1cccc2[nH]c3ccccc3c12)C(=O)O. The molecular formula is C15H12N2O4. The van der Waals surface area contributed by atoms with E-state index in [0.29, 0.717) is 5.75 Å². The normalized spacial score (nSPS) is 12.4. The van der Waals surface area contributed by atoms with Crippen LogP contribution >= 0.6 is 0 Å². The van der Waals surface area contributed by atoms with E-state index in [2.05, 4.69) is 4.98 Å². The lowest BCUT2D eigenvalue weighted by atomic mass is 10.1. The summed E-state index contributed by atoms with van der Waals surface area (Å²) in [6.07, 6.45) is -1.72. The second-order valence-electron chi connectivity index (χ2n) is 4.59. The third-order valence-electron chi connectivity index (χ3n) is 3.22. The van der Waals surface area contributed by atoms with Crippen LogP contribution in [0.4, 0.5) is 0 Å². The number of carbonyl (C=O) groups is 2. The Kier molecular flexibility index (Phi) is 2.98. The summed E-state index contributed by atoms with van der Waals surface area (Å²) < 4.78 is 5.32. The number of primary amides is 1. The van der Waals surface area contributed by atoms with Crippen LogP contribution in [0.5, 0.6) is 5.75 Å². The Morgan fingerprint density at radius 2 is 1.81 bits per heavy atom. The number of fused-ring (bicyclic) bond motifs is 3. The molecule has 2 aromatic carbocycles. The molecule has 1 heterocycles. The summed E-state index contributed by atoms with van der Waals surface area (Å²) in [4.78, 5) is 25.4. The fourth-order valence-electron chi connectivity index (χ4n) is 2.32. The number of carboxylic acids is 1. The molecule has 0 bridgehead atoms. The van der Waals surface area contributed by atoms with Crippen LogP contribution in [0.2, 0.25) is 0 Å². The minimum absolute atomic E-state index is 0.302. The van der Waals surface area contributed by atoms with Crippen LogP contribution in [0.25, 0.3) is 21.8 Å². The lowest BCUT2D eigenvalue weighted by molar-refractivity contribution is -0.149. The van der Waals surface area contributed by atoms with E-state index >= 15 is 0 Å². The van der Waals surface area contributed by atoms with Crippen molar-refractivity contribution in [2.45, 2.75) is 6.10 Å². The first-order chi connectivity index (χ1) is 10.1. The molecule has 1 amide bonds. The fraction of sp³-hybridized carbons (Fsp3) is 0.0667. The number of aromatic nitrogens is 1. The predicted octanol–water partition coefficient (Wildman–Crippen LogP) is 1.64. The van der Waals surface area contributed by atoms with Gasteiger partial charge in [-0.2, -0.15) is 0 Å². The second-order valence-corrected chi connectivity index (χ2v) is 4.59. The maximum atomic E-state index is 11.2. The third kappa shape index (κ3) is 2.16. The minimum Gasteiger partial charge on any atom is -0.478 e. The van der Waals surface area contributed by atoms with Crippen molar-refractivity contribution in [2.24, 2.45) is 5.73 Å². The van der Waals surface area contributed by atoms with Crippen molar-refractivity contribution in [3.05, 3.63) is 42.5 Å². The van der Waals surface area contributed by atoms with Gasteiger partial charge in [-0.1, -0.05) is 24.3 Å². The Bertz CT molecular complexity index is 839. The van der Waals surface area contributed by atoms with Gasteiger partial charge in [0.15, 0.2) is 0 Å². The highest BCUT2D eigenvalue weighted by Crippen LogP contribution is 2.33. The van der Waals surface area contributed by atoms with Gasteiger partial charge < -0.3 is 20.6 Å². The zero-order valence-electron chi connectivity index (χ0n) is 10.9. The zero-order chi connectivity index (χ0) is 15.0. The third-order valence-corrected chi connectivity index (χ3v) is 3.22. The molecule has 0 saturated carbocycles. The minimum atomic E-state index is -1.72. The molecule has 0 radical (unpaired) electrons. The standard InChI is InChI=1S/C15H12N2O4/c16-14(18)13(15(19)20)21-11-7-3-6-10-12(11)8-4-1-2-5-9(8)17-10/h1-7,13,17H,(H2,16,18)(H,19,20). The Labute approximate surface area is 119 Å². The van der Waals surface area contributed by atoms with Gasteiger partial charge >= 0.3 is 5.97 Å². The molecule has 1 atom stereocenters. The fourth-order valence-corrected chi connectivity index (χ4v) is 2.32. The Hall–Kier alpha value is -3.02. The Morgan fingerprint density at radius 3 is 2.52 bits per heavy atom. The summed E-state index contributed by atoms with van der Waals surface area (Å²) in [7, 11) is 0. The molecule has 6 nitrogen and oxygen atoms in total. The van der Waals surface area contributed by atoms with Gasteiger partial charge in [0.2, 0.25) is 0 Å². The molecule has 3 rings (SSSR count). The van der Waals surface area contributed by atoms with E-state index in [-0.39, 0.29) is 0 Å². The monoisotopic (exact) mass is 284 g/mol. The number of nitrogens with one attached hydrogen (secondary N) is 1. The highest BCUT2D eigenvalue weighted by molar-refractivity contribution is 6.10. The summed E-state index contributed by atoms with van der Waals surface area (Å²) in [6, 6.07) is 12.7. The summed E-state index contributed by atoms with van der Waals surface area (Å²) >= 11 is 0. The Morgan fingerprint density at radius 1 is 1.10 bits per heavy atom. The highest BCUT2D eigenvalue weighted by Gasteiger charge is 2.27. The number of aromatic amines is 1. The van der Waals surface area contributed by atoms with Gasteiger partial charge in [0.25, 0.3) is 12.0 Å². The van der Waals surface area contributed by atoms with E-state index in [1.165, 1.54) is 0 Å². The number of ether oxygens (including phenoxy) is 1. The molecule has 0 aliphatic heterocycles. The summed E-state index contributed by atoms with van der Waals surface area (Å²) in [5, 5.41) is 10.6. The molecule has 1 unspecified atom stereocenters. The molecule has 0 saturated heterocycles. The number of amides is 1. The molecule has 106 valence electrons. The molecular weight excluding hydrogens is 272 g/mol. The Balaban J connectivity index is 2.18. The quantitative estimate of drug-likeness (QED) is 0.633. The second kappa shape index (κ2) is 4.82. The largest absolute Gasteiger partial charge is 0.478 e. The lowest BCUT2D eigenvalue weighted by Crippen LogP contribution is -2.40. The number of carboxylic acid groups (broad SMARTS) is 1. The predicted molar refractivity (Wildman–Crippen MR) is 77.1 cm³/mol. The molecule has 6 heteroatoms. The number of benzene rings is 2. The van der Waals surface area contributed by atoms with Crippen LogP contribution in [-0.2, 0) is 9.59 Å². The molecule has 0 fully saturated rings. The zero-order valence-corrected chi connectivity index (χ0v) is 10.9. The molecule has 0 aliphatic rings. The first kappa shape index (κ1) is 13.0. The topological polar surface area (TPSA) is 105 Å². The maximum Gasteiger partial charge on any atom is 0.354 e. The first-order valence-electron chi connectivity index (χ1n) is 6.26. The van der Waals surface area contributed by atoms with Crippen molar-refractivity contribution in [1.82, 2.24) is 4.98 Å². The van der Waals surface area contributed by atoms with Gasteiger partial charge in [0.1, 0.15) is 5.75 Å². The summed E-state index contributed by atoms with van der Waals surface area (Å²) in [5.41, 5.74) is 6.76. The number of H-pyrrole nitrogens is 1. The molecule has 0 aliphatic carbocycles. The van der Waals surface area contributed by atoms with E-state index in [4.69, 9.17) is 15.6 Å². The number of aliphatic carboxylic acids is 1. The van der Waals surface area contributed by atoms with Gasteiger partial charge in [-0.25, -0.2) is 4.79 Å². The van der Waals surface area contributed by atoms with E-state index in [1.807, 2.05) is 30.3 Å². The first-order valence-corrected chi connectivity index (χ1v) is 6.26. The average Bonchev–Trinajstić information content (AvgIpc) is 2.83. The van der Waals surface area contributed by atoms with Crippen LogP contribution in [0, 0.1) is 0 Å².